The molecule has 4 saturated carbocycles. The molecule has 4 aliphatic rings. The highest BCUT2D eigenvalue weighted by molar-refractivity contribution is 5.83. The lowest BCUT2D eigenvalue weighted by atomic mass is 9.49. The Morgan fingerprint density at radius 3 is 2.16 bits per heavy atom. The van der Waals surface area contributed by atoms with Gasteiger partial charge in [-0.15, -0.1) is 0 Å². The van der Waals surface area contributed by atoms with Gasteiger partial charge in [-0.3, -0.25) is 4.79 Å². The molecule has 4 rings (SSSR count). The molecule has 3 heteroatoms. The van der Waals surface area contributed by atoms with Gasteiger partial charge in [0.25, 0.3) is 0 Å². The Kier molecular flexibility index (Phi) is 3.59. The Morgan fingerprint density at radius 1 is 1.21 bits per heavy atom. The van der Waals surface area contributed by atoms with Crippen molar-refractivity contribution in [3.63, 3.8) is 0 Å². The standard InChI is InChI=1S/C16H27NO2/c1-3-14(10-19-2)17-15(18)16-7-11-4-12(8-16)6-13(5-11)9-16/h11-14H,3-10H2,1-2H3,(H,17,18). The number of carbonyl (C=O) groups is 1. The quantitative estimate of drug-likeness (QED) is 0.830. The van der Waals surface area contributed by atoms with Crippen LogP contribution in [-0.4, -0.2) is 25.7 Å². The van der Waals surface area contributed by atoms with Crippen LogP contribution in [0.15, 0.2) is 0 Å². The predicted octanol–water partition coefficient (Wildman–Crippen LogP) is 2.74. The Hall–Kier alpha value is -0.570. The van der Waals surface area contributed by atoms with Gasteiger partial charge in [0.15, 0.2) is 0 Å². The van der Waals surface area contributed by atoms with Crippen molar-refractivity contribution in [2.75, 3.05) is 13.7 Å². The molecule has 0 aromatic carbocycles. The second-order valence-electron chi connectivity index (χ2n) is 7.23. The highest BCUT2D eigenvalue weighted by Crippen LogP contribution is 2.60. The lowest BCUT2D eigenvalue weighted by Crippen LogP contribution is -2.55. The van der Waals surface area contributed by atoms with Crippen LogP contribution >= 0.6 is 0 Å². The van der Waals surface area contributed by atoms with E-state index in [1.807, 2.05) is 0 Å². The fraction of sp³-hybridized carbons (Fsp3) is 0.938. The summed E-state index contributed by atoms with van der Waals surface area (Å²) in [5, 5.41) is 3.26. The molecule has 0 aromatic heterocycles. The monoisotopic (exact) mass is 265 g/mol. The minimum atomic E-state index is -0.0179. The summed E-state index contributed by atoms with van der Waals surface area (Å²) in [6.07, 6.45) is 8.56. The molecule has 0 aliphatic heterocycles. The molecule has 19 heavy (non-hydrogen) atoms. The number of hydrogen-bond acceptors (Lipinski definition) is 2. The largest absolute Gasteiger partial charge is 0.383 e. The smallest absolute Gasteiger partial charge is 0.226 e. The van der Waals surface area contributed by atoms with Crippen LogP contribution in [0.5, 0.6) is 0 Å². The number of carbonyl (C=O) groups excluding carboxylic acids is 1. The average Bonchev–Trinajstić information content (AvgIpc) is 2.36. The van der Waals surface area contributed by atoms with Gasteiger partial charge in [0.1, 0.15) is 0 Å². The summed E-state index contributed by atoms with van der Waals surface area (Å²) < 4.78 is 5.20. The van der Waals surface area contributed by atoms with Crippen LogP contribution in [-0.2, 0) is 9.53 Å². The number of methoxy groups -OCH3 is 1. The molecule has 0 heterocycles. The van der Waals surface area contributed by atoms with E-state index < -0.39 is 0 Å². The van der Waals surface area contributed by atoms with Gasteiger partial charge in [-0.05, 0) is 62.7 Å². The van der Waals surface area contributed by atoms with Gasteiger partial charge >= 0.3 is 0 Å². The molecule has 4 bridgehead atoms. The van der Waals surface area contributed by atoms with Crippen molar-refractivity contribution in [1.29, 1.82) is 0 Å². The van der Waals surface area contributed by atoms with E-state index in [4.69, 9.17) is 4.74 Å². The van der Waals surface area contributed by atoms with Crippen LogP contribution in [0.25, 0.3) is 0 Å². The zero-order chi connectivity index (χ0) is 13.5. The van der Waals surface area contributed by atoms with Gasteiger partial charge in [0, 0.05) is 12.5 Å². The maximum absolute atomic E-state index is 12.8. The van der Waals surface area contributed by atoms with Crippen molar-refractivity contribution in [3.8, 4) is 0 Å². The van der Waals surface area contributed by atoms with Gasteiger partial charge in [-0.1, -0.05) is 6.92 Å². The average molecular weight is 265 g/mol. The third kappa shape index (κ3) is 2.42. The highest BCUT2D eigenvalue weighted by Gasteiger charge is 2.54. The van der Waals surface area contributed by atoms with Crippen LogP contribution in [0, 0.1) is 23.2 Å². The number of hydrogen-bond donors (Lipinski definition) is 1. The maximum Gasteiger partial charge on any atom is 0.226 e. The first-order valence-corrected chi connectivity index (χ1v) is 7.95. The molecule has 0 aromatic rings. The molecule has 3 nitrogen and oxygen atoms in total. The third-order valence-corrected chi connectivity index (χ3v) is 5.72. The summed E-state index contributed by atoms with van der Waals surface area (Å²) in [4.78, 5) is 12.8. The zero-order valence-electron chi connectivity index (χ0n) is 12.3. The van der Waals surface area contributed by atoms with E-state index in [2.05, 4.69) is 12.2 Å². The van der Waals surface area contributed by atoms with E-state index in [-0.39, 0.29) is 11.5 Å². The predicted molar refractivity (Wildman–Crippen MR) is 74.7 cm³/mol. The molecule has 1 amide bonds. The Labute approximate surface area is 116 Å². The molecular formula is C16H27NO2. The van der Waals surface area contributed by atoms with Crippen molar-refractivity contribution in [2.24, 2.45) is 23.2 Å². The Balaban J connectivity index is 1.69. The molecule has 4 fully saturated rings. The first-order chi connectivity index (χ1) is 9.15. The number of ether oxygens (including phenoxy) is 1. The molecule has 1 unspecified atom stereocenters. The van der Waals surface area contributed by atoms with E-state index >= 15 is 0 Å². The lowest BCUT2D eigenvalue weighted by molar-refractivity contribution is -0.147. The molecule has 1 atom stereocenters. The first-order valence-electron chi connectivity index (χ1n) is 7.95. The van der Waals surface area contributed by atoms with Crippen LogP contribution in [0.4, 0.5) is 0 Å². The molecule has 0 saturated heterocycles. The molecule has 4 aliphatic carbocycles. The topological polar surface area (TPSA) is 38.3 Å². The molecular weight excluding hydrogens is 238 g/mol. The summed E-state index contributed by atoms with van der Waals surface area (Å²) >= 11 is 0. The van der Waals surface area contributed by atoms with Gasteiger partial charge in [0.05, 0.1) is 12.6 Å². The number of amides is 1. The van der Waals surface area contributed by atoms with Crippen molar-refractivity contribution in [2.45, 2.75) is 57.9 Å². The fourth-order valence-corrected chi connectivity index (χ4v) is 5.19. The van der Waals surface area contributed by atoms with Gasteiger partial charge in [-0.2, -0.15) is 0 Å². The lowest BCUT2D eigenvalue weighted by Gasteiger charge is -2.55. The minimum absolute atomic E-state index is 0.0179. The second-order valence-corrected chi connectivity index (χ2v) is 7.23. The summed E-state index contributed by atoms with van der Waals surface area (Å²) in [5.41, 5.74) is -0.0179. The summed E-state index contributed by atoms with van der Waals surface area (Å²) in [6, 6.07) is 0.186. The summed E-state index contributed by atoms with van der Waals surface area (Å²) in [5.74, 6) is 2.83. The number of rotatable bonds is 5. The zero-order valence-corrected chi connectivity index (χ0v) is 12.3. The van der Waals surface area contributed by atoms with Gasteiger partial charge in [0.2, 0.25) is 5.91 Å². The van der Waals surface area contributed by atoms with E-state index in [0.717, 1.165) is 43.4 Å². The van der Waals surface area contributed by atoms with Crippen molar-refractivity contribution < 1.29 is 9.53 Å². The van der Waals surface area contributed by atoms with E-state index in [1.165, 1.54) is 19.3 Å². The van der Waals surface area contributed by atoms with E-state index in [0.29, 0.717) is 12.5 Å². The van der Waals surface area contributed by atoms with Crippen LogP contribution < -0.4 is 5.32 Å². The van der Waals surface area contributed by atoms with Crippen LogP contribution in [0.2, 0.25) is 0 Å². The minimum Gasteiger partial charge on any atom is -0.383 e. The van der Waals surface area contributed by atoms with Crippen molar-refractivity contribution in [3.05, 3.63) is 0 Å². The van der Waals surface area contributed by atoms with Gasteiger partial charge < -0.3 is 10.1 Å². The molecule has 0 radical (unpaired) electrons. The highest BCUT2D eigenvalue weighted by atomic mass is 16.5. The van der Waals surface area contributed by atoms with Crippen molar-refractivity contribution in [1.82, 2.24) is 5.32 Å². The molecule has 108 valence electrons. The Bertz CT molecular complexity index is 317. The van der Waals surface area contributed by atoms with E-state index in [9.17, 15) is 4.79 Å². The first kappa shape index (κ1) is 13.4. The Morgan fingerprint density at radius 2 is 1.74 bits per heavy atom. The van der Waals surface area contributed by atoms with Crippen LogP contribution in [0.1, 0.15) is 51.9 Å². The summed E-state index contributed by atoms with van der Waals surface area (Å²) in [6.45, 7) is 2.75. The van der Waals surface area contributed by atoms with Crippen LogP contribution in [0.3, 0.4) is 0 Å². The van der Waals surface area contributed by atoms with Gasteiger partial charge in [-0.25, -0.2) is 0 Å². The molecule has 0 spiro atoms. The second kappa shape index (κ2) is 5.08. The molecule has 1 N–H and O–H groups in total. The fourth-order valence-electron chi connectivity index (χ4n) is 5.19. The SMILES string of the molecule is CCC(COC)NC(=O)C12CC3CC(CC(C3)C1)C2. The third-order valence-electron chi connectivity index (χ3n) is 5.72. The number of nitrogens with one attached hydrogen (secondary N) is 1. The van der Waals surface area contributed by atoms with E-state index in [1.54, 1.807) is 7.11 Å². The van der Waals surface area contributed by atoms with Crippen molar-refractivity contribution >= 4 is 5.91 Å². The summed E-state index contributed by atoms with van der Waals surface area (Å²) in [7, 11) is 1.71. The maximum atomic E-state index is 12.8. The normalized spacial score (nSPS) is 41.3.